The molecule has 0 radical (unpaired) electrons. The number of para-hydroxylation sites is 1. The lowest BCUT2D eigenvalue weighted by atomic mass is 9.91. The van der Waals surface area contributed by atoms with Crippen molar-refractivity contribution in [2.45, 2.75) is 38.0 Å². The van der Waals surface area contributed by atoms with Gasteiger partial charge < -0.3 is 19.1 Å². The average Bonchev–Trinajstić information content (AvgIpc) is 3.45. The van der Waals surface area contributed by atoms with Gasteiger partial charge in [0, 0.05) is 37.9 Å². The quantitative estimate of drug-likeness (QED) is 0.733. The minimum atomic E-state index is -0.603. The van der Waals surface area contributed by atoms with Gasteiger partial charge in [-0.15, -0.1) is 11.3 Å². The van der Waals surface area contributed by atoms with E-state index in [2.05, 4.69) is 28.6 Å². The lowest BCUT2D eigenvalue weighted by Gasteiger charge is -2.51. The minimum Gasteiger partial charge on any atom is -0.493 e. The smallest absolute Gasteiger partial charge is 0.409 e. The number of hydrazone groups is 1. The van der Waals surface area contributed by atoms with Crippen LogP contribution in [0.5, 0.6) is 11.5 Å². The molecule has 7 nitrogen and oxygen atoms in total. The molecule has 1 saturated heterocycles. The van der Waals surface area contributed by atoms with Gasteiger partial charge in [0.1, 0.15) is 0 Å². The molecule has 1 aromatic heterocycles. The van der Waals surface area contributed by atoms with E-state index >= 15 is 0 Å². The van der Waals surface area contributed by atoms with Gasteiger partial charge >= 0.3 is 6.09 Å². The van der Waals surface area contributed by atoms with Crippen molar-refractivity contribution < 1.29 is 19.0 Å². The molecular weight excluding hydrogens is 402 g/mol. The fourth-order valence-corrected chi connectivity index (χ4v) is 5.33. The van der Waals surface area contributed by atoms with E-state index in [0.717, 1.165) is 29.2 Å². The Bertz CT molecular complexity index is 967. The molecule has 0 N–H and O–H groups in total. The van der Waals surface area contributed by atoms with Crippen molar-refractivity contribution in [3.05, 3.63) is 46.2 Å². The van der Waals surface area contributed by atoms with Crippen LogP contribution in [0.25, 0.3) is 0 Å². The van der Waals surface area contributed by atoms with Crippen molar-refractivity contribution in [2.75, 3.05) is 26.8 Å². The van der Waals surface area contributed by atoms with Crippen LogP contribution in [0.4, 0.5) is 4.79 Å². The van der Waals surface area contributed by atoms with Gasteiger partial charge in [-0.2, -0.15) is 5.10 Å². The number of likely N-dealkylation sites (tertiary alicyclic amines) is 1. The number of rotatable bonds is 3. The Balaban J connectivity index is 1.51. The van der Waals surface area contributed by atoms with E-state index in [0.29, 0.717) is 32.5 Å². The second-order valence-electron chi connectivity index (χ2n) is 7.70. The number of amides is 1. The number of hydrogen-bond acceptors (Lipinski definition) is 7. The highest BCUT2D eigenvalue weighted by molar-refractivity contribution is 7.12. The van der Waals surface area contributed by atoms with Gasteiger partial charge in [0.2, 0.25) is 5.72 Å². The minimum absolute atomic E-state index is 0.0927. The van der Waals surface area contributed by atoms with Gasteiger partial charge in [0.05, 0.1) is 30.3 Å². The molecular formula is C22H25N3O4S. The number of thiophene rings is 1. The molecule has 1 atom stereocenters. The summed E-state index contributed by atoms with van der Waals surface area (Å²) < 4.78 is 17.5. The van der Waals surface area contributed by atoms with Gasteiger partial charge in [0.15, 0.2) is 11.5 Å². The highest BCUT2D eigenvalue weighted by Crippen LogP contribution is 2.52. The zero-order valence-electron chi connectivity index (χ0n) is 17.2. The number of fused-ring (bicyclic) bond motifs is 4. The Hall–Kier alpha value is -2.74. The van der Waals surface area contributed by atoms with E-state index in [1.54, 1.807) is 23.3 Å². The Morgan fingerprint density at radius 1 is 1.30 bits per heavy atom. The third kappa shape index (κ3) is 3.01. The normalized spacial score (nSPS) is 21.5. The van der Waals surface area contributed by atoms with Crippen LogP contribution in [0.3, 0.4) is 0 Å². The van der Waals surface area contributed by atoms with E-state index in [1.165, 1.54) is 4.88 Å². The summed E-state index contributed by atoms with van der Waals surface area (Å²) in [4.78, 5) is 15.1. The van der Waals surface area contributed by atoms with Crippen LogP contribution < -0.4 is 9.47 Å². The summed E-state index contributed by atoms with van der Waals surface area (Å²) in [6, 6.07) is 10.3. The summed E-state index contributed by atoms with van der Waals surface area (Å²) >= 11 is 1.71. The molecule has 0 bridgehead atoms. The fourth-order valence-electron chi connectivity index (χ4n) is 4.61. The van der Waals surface area contributed by atoms with E-state index in [4.69, 9.17) is 19.3 Å². The zero-order chi connectivity index (χ0) is 20.7. The molecule has 0 saturated carbocycles. The number of piperidine rings is 1. The third-order valence-corrected chi connectivity index (χ3v) is 7.00. The van der Waals surface area contributed by atoms with E-state index in [9.17, 15) is 4.79 Å². The molecule has 3 aliphatic heterocycles. The molecule has 4 heterocycles. The van der Waals surface area contributed by atoms with E-state index in [1.807, 2.05) is 19.1 Å². The molecule has 0 aliphatic carbocycles. The molecule has 8 heteroatoms. The second kappa shape index (κ2) is 7.50. The third-order valence-electron chi connectivity index (χ3n) is 6.08. The van der Waals surface area contributed by atoms with Gasteiger partial charge in [-0.25, -0.2) is 9.80 Å². The summed E-state index contributed by atoms with van der Waals surface area (Å²) in [6.07, 6.45) is 1.87. The number of ether oxygens (including phenoxy) is 3. The van der Waals surface area contributed by atoms with Crippen molar-refractivity contribution in [2.24, 2.45) is 5.10 Å². The fraction of sp³-hybridized carbons (Fsp3) is 0.455. The van der Waals surface area contributed by atoms with Crippen LogP contribution in [-0.4, -0.2) is 54.2 Å². The predicted octanol–water partition coefficient (Wildman–Crippen LogP) is 4.25. The topological polar surface area (TPSA) is 63.6 Å². The van der Waals surface area contributed by atoms with Gasteiger partial charge in [0.25, 0.3) is 0 Å². The van der Waals surface area contributed by atoms with Crippen LogP contribution in [-0.2, 0) is 4.74 Å². The largest absolute Gasteiger partial charge is 0.493 e. The Morgan fingerprint density at radius 3 is 2.83 bits per heavy atom. The lowest BCUT2D eigenvalue weighted by molar-refractivity contribution is -0.148. The van der Waals surface area contributed by atoms with Crippen LogP contribution in [0.2, 0.25) is 0 Å². The van der Waals surface area contributed by atoms with Crippen molar-refractivity contribution in [1.82, 2.24) is 9.91 Å². The molecule has 1 spiro atoms. The number of carbonyl (C=O) groups excluding carboxylic acids is 1. The highest BCUT2D eigenvalue weighted by atomic mass is 32.1. The lowest BCUT2D eigenvalue weighted by Crippen LogP contribution is -2.59. The number of carbonyl (C=O) groups is 1. The number of benzene rings is 1. The van der Waals surface area contributed by atoms with Crippen LogP contribution in [0.15, 0.2) is 40.8 Å². The number of nitrogens with zero attached hydrogens (tertiary/aromatic N) is 3. The van der Waals surface area contributed by atoms with Crippen LogP contribution in [0, 0.1) is 0 Å². The first kappa shape index (κ1) is 19.2. The summed E-state index contributed by atoms with van der Waals surface area (Å²) in [6.45, 7) is 3.34. The maximum Gasteiger partial charge on any atom is 0.409 e. The molecule has 5 rings (SSSR count). The maximum atomic E-state index is 12.2. The summed E-state index contributed by atoms with van der Waals surface area (Å²) in [5, 5.41) is 9.27. The summed E-state index contributed by atoms with van der Waals surface area (Å²) in [5.74, 6) is 1.54. The Kier molecular flexibility index (Phi) is 4.81. The molecule has 3 aliphatic rings. The second-order valence-corrected chi connectivity index (χ2v) is 8.65. The standard InChI is InChI=1S/C22H25N3O4S/c1-3-28-21(26)24-11-9-22(10-12-24)25-17(14-16(23-25)19-8-5-13-30-19)15-6-4-7-18(27-2)20(15)29-22/h4-8,13,17H,3,9-12,14H2,1-2H3. The first-order valence-corrected chi connectivity index (χ1v) is 11.2. The molecule has 1 amide bonds. The zero-order valence-corrected chi connectivity index (χ0v) is 18.0. The average molecular weight is 428 g/mol. The predicted molar refractivity (Wildman–Crippen MR) is 114 cm³/mol. The Labute approximate surface area is 179 Å². The molecule has 1 fully saturated rings. The van der Waals surface area contributed by atoms with Crippen LogP contribution >= 0.6 is 11.3 Å². The van der Waals surface area contributed by atoms with E-state index < -0.39 is 5.72 Å². The van der Waals surface area contributed by atoms with E-state index in [-0.39, 0.29) is 12.1 Å². The molecule has 30 heavy (non-hydrogen) atoms. The highest BCUT2D eigenvalue weighted by Gasteiger charge is 2.53. The molecule has 2 aromatic rings. The summed E-state index contributed by atoms with van der Waals surface area (Å²) in [7, 11) is 1.67. The summed E-state index contributed by atoms with van der Waals surface area (Å²) in [5.41, 5.74) is 1.58. The molecule has 158 valence electrons. The SMILES string of the molecule is CCOC(=O)N1CCC2(CC1)Oc1c(OC)cccc1C1CC(c3cccs3)=NN12. The van der Waals surface area contributed by atoms with Crippen molar-refractivity contribution in [1.29, 1.82) is 0 Å². The van der Waals surface area contributed by atoms with Crippen molar-refractivity contribution in [3.63, 3.8) is 0 Å². The van der Waals surface area contributed by atoms with Gasteiger partial charge in [-0.3, -0.25) is 0 Å². The van der Waals surface area contributed by atoms with Crippen molar-refractivity contribution >= 4 is 23.1 Å². The van der Waals surface area contributed by atoms with Crippen molar-refractivity contribution in [3.8, 4) is 11.5 Å². The van der Waals surface area contributed by atoms with Gasteiger partial charge in [-0.1, -0.05) is 18.2 Å². The molecule has 1 aromatic carbocycles. The maximum absolute atomic E-state index is 12.2. The Morgan fingerprint density at radius 2 is 2.13 bits per heavy atom. The van der Waals surface area contributed by atoms with Gasteiger partial charge in [-0.05, 0) is 24.4 Å². The van der Waals surface area contributed by atoms with Crippen LogP contribution in [0.1, 0.15) is 42.7 Å². The first-order valence-electron chi connectivity index (χ1n) is 10.3. The monoisotopic (exact) mass is 427 g/mol. The number of methoxy groups -OCH3 is 1. The number of hydrogen-bond donors (Lipinski definition) is 0. The first-order chi connectivity index (χ1) is 14.6. The molecule has 1 unspecified atom stereocenters.